The number of aryl methyl sites for hydroxylation is 1. The third kappa shape index (κ3) is 4.38. The number of aromatic amines is 1. The van der Waals surface area contributed by atoms with Gasteiger partial charge in [-0.25, -0.2) is 5.10 Å². The molecule has 0 radical (unpaired) electrons. The van der Waals surface area contributed by atoms with E-state index in [-0.39, 0.29) is 11.5 Å². The molecule has 0 atom stereocenters. The highest BCUT2D eigenvalue weighted by molar-refractivity contribution is 5.90. The van der Waals surface area contributed by atoms with Crippen molar-refractivity contribution in [1.29, 1.82) is 0 Å². The van der Waals surface area contributed by atoms with Gasteiger partial charge in [0.15, 0.2) is 5.82 Å². The van der Waals surface area contributed by atoms with Crippen molar-refractivity contribution in [2.75, 3.05) is 24.1 Å². The summed E-state index contributed by atoms with van der Waals surface area (Å²) < 4.78 is 0. The second-order valence-corrected chi connectivity index (χ2v) is 5.97. The quantitative estimate of drug-likeness (QED) is 0.382. The molecule has 0 unspecified atom stereocenters. The third-order valence-electron chi connectivity index (χ3n) is 4.03. The molecule has 26 heavy (non-hydrogen) atoms. The van der Waals surface area contributed by atoms with Crippen molar-refractivity contribution >= 4 is 28.2 Å². The molecule has 1 heterocycles. The van der Waals surface area contributed by atoms with Crippen LogP contribution in [0.2, 0.25) is 0 Å². The number of aromatic nitrogens is 2. The summed E-state index contributed by atoms with van der Waals surface area (Å²) in [5.74, 6) is 0.572. The maximum absolute atomic E-state index is 11.9. The lowest BCUT2D eigenvalue weighted by Gasteiger charge is -2.09. The van der Waals surface area contributed by atoms with E-state index in [1.54, 1.807) is 6.07 Å². The molecule has 0 aliphatic rings. The second-order valence-electron chi connectivity index (χ2n) is 5.97. The van der Waals surface area contributed by atoms with Crippen LogP contribution in [0.3, 0.4) is 0 Å². The van der Waals surface area contributed by atoms with Gasteiger partial charge in [0, 0.05) is 30.6 Å². The number of hydrogen-bond acceptors (Lipinski definition) is 5. The molecule has 0 bridgehead atoms. The van der Waals surface area contributed by atoms with Gasteiger partial charge in [0.25, 0.3) is 5.56 Å². The number of anilines is 2. The van der Waals surface area contributed by atoms with Crippen molar-refractivity contribution in [3.63, 3.8) is 0 Å². The summed E-state index contributed by atoms with van der Waals surface area (Å²) in [5.41, 5.74) is 7.25. The number of nitrogens with two attached hydrogens (primary N) is 1. The molecule has 0 saturated heterocycles. The molecule has 7 nitrogen and oxygen atoms in total. The summed E-state index contributed by atoms with van der Waals surface area (Å²) in [6.07, 6.45) is 1.06. The van der Waals surface area contributed by atoms with Crippen LogP contribution >= 0.6 is 0 Å². The zero-order valence-corrected chi connectivity index (χ0v) is 14.3. The van der Waals surface area contributed by atoms with Gasteiger partial charge in [0.1, 0.15) is 0 Å². The van der Waals surface area contributed by atoms with Crippen LogP contribution in [0.5, 0.6) is 0 Å². The Morgan fingerprint density at radius 3 is 2.69 bits per heavy atom. The fraction of sp³-hybridized carbons (Fsp3) is 0.211. The van der Waals surface area contributed by atoms with Crippen molar-refractivity contribution < 1.29 is 4.79 Å². The van der Waals surface area contributed by atoms with Crippen molar-refractivity contribution in [1.82, 2.24) is 15.5 Å². The third-order valence-corrected chi connectivity index (χ3v) is 4.03. The summed E-state index contributed by atoms with van der Waals surface area (Å²) in [6.45, 7) is 0.970. The van der Waals surface area contributed by atoms with Crippen LogP contribution in [0.4, 0.5) is 11.5 Å². The minimum atomic E-state index is -0.221. The Morgan fingerprint density at radius 2 is 1.88 bits per heavy atom. The molecular weight excluding hydrogens is 330 g/mol. The Labute approximate surface area is 150 Å². The Bertz CT molecular complexity index is 967. The van der Waals surface area contributed by atoms with E-state index >= 15 is 0 Å². The van der Waals surface area contributed by atoms with Gasteiger partial charge in [-0.2, -0.15) is 5.10 Å². The average Bonchev–Trinajstić information content (AvgIpc) is 2.65. The van der Waals surface area contributed by atoms with Crippen LogP contribution in [0.15, 0.2) is 53.3 Å². The summed E-state index contributed by atoms with van der Waals surface area (Å²) in [5, 5.41) is 13.8. The second kappa shape index (κ2) is 8.15. The zero-order chi connectivity index (χ0) is 18.4. The maximum Gasteiger partial charge on any atom is 0.272 e. The number of H-pyrrole nitrogens is 1. The largest absolute Gasteiger partial charge is 0.399 e. The van der Waals surface area contributed by atoms with Crippen LogP contribution in [0.1, 0.15) is 12.0 Å². The van der Waals surface area contributed by atoms with Crippen molar-refractivity contribution in [2.24, 2.45) is 0 Å². The molecule has 0 saturated carbocycles. The fourth-order valence-electron chi connectivity index (χ4n) is 2.73. The summed E-state index contributed by atoms with van der Waals surface area (Å²) in [6, 6.07) is 14.8. The van der Waals surface area contributed by atoms with E-state index in [2.05, 4.69) is 20.8 Å². The molecule has 7 heteroatoms. The van der Waals surface area contributed by atoms with Crippen LogP contribution in [-0.4, -0.2) is 29.2 Å². The first-order valence-electron chi connectivity index (χ1n) is 8.46. The first-order valence-corrected chi connectivity index (χ1v) is 8.46. The number of amides is 1. The molecule has 0 aliphatic carbocycles. The van der Waals surface area contributed by atoms with Crippen LogP contribution in [0.25, 0.3) is 10.8 Å². The number of nitrogen functional groups attached to an aromatic ring is 1. The van der Waals surface area contributed by atoms with Gasteiger partial charge >= 0.3 is 0 Å². The van der Waals surface area contributed by atoms with Gasteiger partial charge in [-0.1, -0.05) is 30.3 Å². The number of rotatable bonds is 7. The van der Waals surface area contributed by atoms with E-state index in [4.69, 9.17) is 5.73 Å². The van der Waals surface area contributed by atoms with Crippen LogP contribution in [-0.2, 0) is 11.2 Å². The van der Waals surface area contributed by atoms with Crippen molar-refractivity contribution in [3.8, 4) is 0 Å². The van der Waals surface area contributed by atoms with E-state index in [9.17, 15) is 9.59 Å². The molecule has 0 fully saturated rings. The van der Waals surface area contributed by atoms with Crippen molar-refractivity contribution in [2.45, 2.75) is 12.8 Å². The maximum atomic E-state index is 11.9. The lowest BCUT2D eigenvalue weighted by Crippen LogP contribution is -2.29. The number of benzene rings is 2. The molecule has 3 rings (SSSR count). The molecular formula is C19H21N5O2. The van der Waals surface area contributed by atoms with E-state index in [1.807, 2.05) is 42.5 Å². The van der Waals surface area contributed by atoms with E-state index in [1.165, 1.54) is 0 Å². The minimum absolute atomic E-state index is 0.0199. The molecule has 3 aromatic rings. The van der Waals surface area contributed by atoms with Gasteiger partial charge in [-0.05, 0) is 30.2 Å². The van der Waals surface area contributed by atoms with Crippen LogP contribution < -0.4 is 21.9 Å². The minimum Gasteiger partial charge on any atom is -0.399 e. The number of fused-ring (bicyclic) bond motifs is 1. The predicted molar refractivity (Wildman–Crippen MR) is 103 cm³/mol. The Kier molecular flexibility index (Phi) is 5.48. The average molecular weight is 351 g/mol. The highest BCUT2D eigenvalue weighted by Gasteiger charge is 2.06. The first-order chi connectivity index (χ1) is 12.6. The molecule has 134 valence electrons. The Morgan fingerprint density at radius 1 is 1.08 bits per heavy atom. The Hall–Kier alpha value is -3.35. The zero-order valence-electron chi connectivity index (χ0n) is 14.3. The smallest absolute Gasteiger partial charge is 0.272 e. The molecule has 2 aromatic carbocycles. The van der Waals surface area contributed by atoms with Gasteiger partial charge in [0.05, 0.1) is 5.39 Å². The SMILES string of the molecule is Nc1cccc(CCC(=O)NCCNc2n[nH]c(=O)c3ccccc23)c1. The van der Waals surface area contributed by atoms with Gasteiger partial charge in [-0.3, -0.25) is 9.59 Å². The molecule has 0 spiro atoms. The molecule has 0 aliphatic heterocycles. The summed E-state index contributed by atoms with van der Waals surface area (Å²) >= 11 is 0. The van der Waals surface area contributed by atoms with Crippen LogP contribution in [0, 0.1) is 0 Å². The predicted octanol–water partition coefficient (Wildman–Crippen LogP) is 1.67. The van der Waals surface area contributed by atoms with E-state index in [0.29, 0.717) is 42.8 Å². The number of nitrogens with zero attached hydrogens (tertiary/aromatic N) is 1. The first kappa shape index (κ1) is 17.5. The number of carbonyl (C=O) groups is 1. The summed E-state index contributed by atoms with van der Waals surface area (Å²) in [7, 11) is 0. The lowest BCUT2D eigenvalue weighted by atomic mass is 10.1. The monoisotopic (exact) mass is 351 g/mol. The number of nitrogens with one attached hydrogen (secondary N) is 3. The topological polar surface area (TPSA) is 113 Å². The standard InChI is InChI=1S/C19H21N5O2/c20-14-5-3-4-13(12-14)8-9-17(25)21-10-11-22-18-15-6-1-2-7-16(15)19(26)24-23-18/h1-7,12H,8-11,20H2,(H,21,25)(H,22,23)(H,24,26). The van der Waals surface area contributed by atoms with Gasteiger partial charge in [-0.15, -0.1) is 0 Å². The molecule has 1 aromatic heterocycles. The Balaban J connectivity index is 1.46. The fourth-order valence-corrected chi connectivity index (χ4v) is 2.73. The van der Waals surface area contributed by atoms with Gasteiger partial charge in [0.2, 0.25) is 5.91 Å². The van der Waals surface area contributed by atoms with Crippen molar-refractivity contribution in [3.05, 3.63) is 64.4 Å². The van der Waals surface area contributed by atoms with Gasteiger partial charge < -0.3 is 16.4 Å². The number of hydrogen-bond donors (Lipinski definition) is 4. The highest BCUT2D eigenvalue weighted by atomic mass is 16.1. The number of carbonyl (C=O) groups excluding carboxylic acids is 1. The lowest BCUT2D eigenvalue weighted by molar-refractivity contribution is -0.120. The van der Waals surface area contributed by atoms with E-state index < -0.39 is 0 Å². The molecule has 1 amide bonds. The van der Waals surface area contributed by atoms with E-state index in [0.717, 1.165) is 10.9 Å². The summed E-state index contributed by atoms with van der Waals surface area (Å²) in [4.78, 5) is 23.7. The molecule has 5 N–H and O–H groups in total. The highest BCUT2D eigenvalue weighted by Crippen LogP contribution is 2.16. The normalized spacial score (nSPS) is 10.6.